The Balaban J connectivity index is 2.64. The quantitative estimate of drug-likeness (QED) is 0.707. The second-order valence-electron chi connectivity index (χ2n) is 2.37. The van der Waals surface area contributed by atoms with Gasteiger partial charge in [0.25, 0.3) is 0 Å². The Labute approximate surface area is 74.2 Å². The van der Waals surface area contributed by atoms with Crippen LogP contribution in [0.25, 0.3) is 0 Å². The number of amides is 1. The van der Waals surface area contributed by atoms with E-state index in [1.54, 1.807) is 11.4 Å². The van der Waals surface area contributed by atoms with E-state index in [0.717, 1.165) is 11.2 Å². The van der Waals surface area contributed by atoms with Crippen molar-refractivity contribution in [2.24, 2.45) is 5.73 Å². The van der Waals surface area contributed by atoms with Crippen LogP contribution in [0.3, 0.4) is 0 Å². The zero-order valence-electron chi connectivity index (χ0n) is 6.45. The van der Waals surface area contributed by atoms with E-state index in [-0.39, 0.29) is 0 Å². The van der Waals surface area contributed by atoms with Crippen LogP contribution in [0.1, 0.15) is 21.7 Å². The fourth-order valence-electron chi connectivity index (χ4n) is 0.842. The molecule has 4 heteroatoms. The number of aryl methyl sites for hydroxylation is 1. The molecule has 0 atom stereocenters. The zero-order valence-corrected chi connectivity index (χ0v) is 7.26. The third-order valence-electron chi connectivity index (χ3n) is 1.45. The van der Waals surface area contributed by atoms with E-state index in [1.165, 1.54) is 11.3 Å². The Morgan fingerprint density at radius 2 is 2.42 bits per heavy atom. The van der Waals surface area contributed by atoms with Gasteiger partial charge < -0.3 is 10.5 Å². The third kappa shape index (κ3) is 2.17. The first kappa shape index (κ1) is 8.93. The average molecular weight is 183 g/mol. The topological polar surface area (TPSA) is 60.2 Å². The van der Waals surface area contributed by atoms with Gasteiger partial charge in [-0.3, -0.25) is 4.79 Å². The maximum Gasteiger partial charge on any atom is 0.249 e. The van der Waals surface area contributed by atoms with E-state index >= 15 is 0 Å². The molecule has 1 amide bonds. The predicted molar refractivity (Wildman–Crippen MR) is 47.2 cm³/mol. The molecular weight excluding hydrogens is 174 g/mol. The van der Waals surface area contributed by atoms with Crippen molar-refractivity contribution >= 4 is 23.5 Å². The SMILES string of the molecule is NC(=O)c1csc(CCC=O)c1. The number of thiophene rings is 1. The molecule has 1 heterocycles. The number of aldehydes is 1. The molecule has 2 N–H and O–H groups in total. The van der Waals surface area contributed by atoms with Gasteiger partial charge in [0.15, 0.2) is 0 Å². The highest BCUT2D eigenvalue weighted by Gasteiger charge is 2.03. The lowest BCUT2D eigenvalue weighted by molar-refractivity contribution is -0.107. The summed E-state index contributed by atoms with van der Waals surface area (Å²) < 4.78 is 0. The summed E-state index contributed by atoms with van der Waals surface area (Å²) in [4.78, 5) is 21.7. The van der Waals surface area contributed by atoms with Gasteiger partial charge in [0.05, 0.1) is 5.56 Å². The maximum atomic E-state index is 10.6. The van der Waals surface area contributed by atoms with Crippen LogP contribution in [0.4, 0.5) is 0 Å². The number of rotatable bonds is 4. The van der Waals surface area contributed by atoms with Gasteiger partial charge in [-0.25, -0.2) is 0 Å². The summed E-state index contributed by atoms with van der Waals surface area (Å²) >= 11 is 1.46. The standard InChI is InChI=1S/C8H9NO2S/c9-8(11)6-4-7(12-5-6)2-1-3-10/h3-5H,1-2H2,(H2,9,11). The van der Waals surface area contributed by atoms with E-state index in [4.69, 9.17) is 5.73 Å². The van der Waals surface area contributed by atoms with Crippen molar-refractivity contribution < 1.29 is 9.59 Å². The first-order chi connectivity index (χ1) is 5.74. The van der Waals surface area contributed by atoms with Crippen LogP contribution in [-0.4, -0.2) is 12.2 Å². The largest absolute Gasteiger partial charge is 0.366 e. The first-order valence-electron chi connectivity index (χ1n) is 3.55. The summed E-state index contributed by atoms with van der Waals surface area (Å²) in [7, 11) is 0. The predicted octanol–water partition coefficient (Wildman–Crippen LogP) is 0.979. The summed E-state index contributed by atoms with van der Waals surface area (Å²) in [6.45, 7) is 0. The van der Waals surface area contributed by atoms with E-state index in [0.29, 0.717) is 18.4 Å². The van der Waals surface area contributed by atoms with Gasteiger partial charge in [-0.2, -0.15) is 0 Å². The van der Waals surface area contributed by atoms with Crippen molar-refractivity contribution in [3.8, 4) is 0 Å². The van der Waals surface area contributed by atoms with Crippen LogP contribution >= 0.6 is 11.3 Å². The van der Waals surface area contributed by atoms with Crippen molar-refractivity contribution in [1.82, 2.24) is 0 Å². The van der Waals surface area contributed by atoms with E-state index in [9.17, 15) is 9.59 Å². The van der Waals surface area contributed by atoms with Gasteiger partial charge >= 0.3 is 0 Å². The highest BCUT2D eigenvalue weighted by Crippen LogP contribution is 2.15. The van der Waals surface area contributed by atoms with Crippen LogP contribution in [0.15, 0.2) is 11.4 Å². The summed E-state index contributed by atoms with van der Waals surface area (Å²) in [5.74, 6) is -0.413. The second-order valence-corrected chi connectivity index (χ2v) is 3.37. The number of hydrogen-bond acceptors (Lipinski definition) is 3. The normalized spacial score (nSPS) is 9.67. The highest BCUT2D eigenvalue weighted by atomic mass is 32.1. The lowest BCUT2D eigenvalue weighted by Gasteiger charge is -1.87. The van der Waals surface area contributed by atoms with Gasteiger partial charge in [0.2, 0.25) is 5.91 Å². The first-order valence-corrected chi connectivity index (χ1v) is 4.43. The number of nitrogens with two attached hydrogens (primary N) is 1. The Hall–Kier alpha value is -1.16. The van der Waals surface area contributed by atoms with Gasteiger partial charge in [0.1, 0.15) is 6.29 Å². The molecule has 0 saturated heterocycles. The summed E-state index contributed by atoms with van der Waals surface area (Å²) in [5.41, 5.74) is 5.58. The van der Waals surface area contributed by atoms with Crippen molar-refractivity contribution in [2.45, 2.75) is 12.8 Å². The Morgan fingerprint density at radius 3 is 2.92 bits per heavy atom. The number of carbonyl (C=O) groups is 2. The molecule has 0 spiro atoms. The van der Waals surface area contributed by atoms with Crippen molar-refractivity contribution in [3.05, 3.63) is 21.9 Å². The molecule has 0 unspecified atom stereocenters. The van der Waals surface area contributed by atoms with Crippen LogP contribution in [-0.2, 0) is 11.2 Å². The zero-order chi connectivity index (χ0) is 8.97. The molecule has 0 aliphatic carbocycles. The Morgan fingerprint density at radius 1 is 1.67 bits per heavy atom. The molecule has 0 fully saturated rings. The van der Waals surface area contributed by atoms with E-state index in [2.05, 4.69) is 0 Å². The third-order valence-corrected chi connectivity index (χ3v) is 2.44. The highest BCUT2D eigenvalue weighted by molar-refractivity contribution is 7.10. The van der Waals surface area contributed by atoms with Crippen molar-refractivity contribution in [3.63, 3.8) is 0 Å². The minimum Gasteiger partial charge on any atom is -0.366 e. The van der Waals surface area contributed by atoms with E-state index < -0.39 is 5.91 Å². The molecule has 0 radical (unpaired) electrons. The number of hydrogen-bond donors (Lipinski definition) is 1. The summed E-state index contributed by atoms with van der Waals surface area (Å²) in [5, 5.41) is 1.71. The smallest absolute Gasteiger partial charge is 0.249 e. The Bertz CT molecular complexity index is 293. The van der Waals surface area contributed by atoms with Crippen LogP contribution in [0.2, 0.25) is 0 Å². The molecule has 0 aliphatic heterocycles. The lowest BCUT2D eigenvalue weighted by atomic mass is 10.2. The maximum absolute atomic E-state index is 10.6. The number of primary amides is 1. The Kier molecular flexibility index (Phi) is 2.99. The molecule has 3 nitrogen and oxygen atoms in total. The van der Waals surface area contributed by atoms with E-state index in [1.807, 2.05) is 0 Å². The molecule has 0 bridgehead atoms. The molecule has 12 heavy (non-hydrogen) atoms. The van der Waals surface area contributed by atoms with Crippen LogP contribution in [0.5, 0.6) is 0 Å². The summed E-state index contributed by atoms with van der Waals surface area (Å²) in [6.07, 6.45) is 2.06. The van der Waals surface area contributed by atoms with Gasteiger partial charge in [-0.15, -0.1) is 11.3 Å². The summed E-state index contributed by atoms with van der Waals surface area (Å²) in [6, 6.07) is 1.73. The van der Waals surface area contributed by atoms with Crippen molar-refractivity contribution in [2.75, 3.05) is 0 Å². The van der Waals surface area contributed by atoms with Crippen LogP contribution < -0.4 is 5.73 Å². The van der Waals surface area contributed by atoms with Crippen LogP contribution in [0, 0.1) is 0 Å². The second kappa shape index (κ2) is 4.01. The fourth-order valence-corrected chi connectivity index (χ4v) is 1.74. The monoisotopic (exact) mass is 183 g/mol. The van der Waals surface area contributed by atoms with Gasteiger partial charge in [-0.1, -0.05) is 0 Å². The molecule has 0 aromatic carbocycles. The van der Waals surface area contributed by atoms with Gasteiger partial charge in [-0.05, 0) is 12.5 Å². The molecule has 1 aromatic rings. The molecule has 64 valence electrons. The average Bonchev–Trinajstić information content (AvgIpc) is 2.48. The fraction of sp³-hybridized carbons (Fsp3) is 0.250. The molecular formula is C8H9NO2S. The molecule has 1 aromatic heterocycles. The lowest BCUT2D eigenvalue weighted by Crippen LogP contribution is -2.09. The minimum absolute atomic E-state index is 0.413. The molecule has 0 aliphatic rings. The molecule has 0 saturated carbocycles. The minimum atomic E-state index is -0.413. The molecule has 1 rings (SSSR count). The van der Waals surface area contributed by atoms with Crippen molar-refractivity contribution in [1.29, 1.82) is 0 Å². The van der Waals surface area contributed by atoms with Gasteiger partial charge in [0, 0.05) is 16.7 Å². The number of carbonyl (C=O) groups excluding carboxylic acids is 2.